The molecular formula is C15H17FN2O4S. The van der Waals surface area contributed by atoms with Gasteiger partial charge in [-0.25, -0.2) is 17.1 Å². The van der Waals surface area contributed by atoms with Gasteiger partial charge in [0.05, 0.1) is 22.4 Å². The lowest BCUT2D eigenvalue weighted by molar-refractivity contribution is 0.102. The number of furan rings is 1. The maximum atomic E-state index is 13.9. The Kier molecular flexibility index (Phi) is 4.86. The molecule has 0 saturated heterocycles. The number of nitrogens with zero attached hydrogens (tertiary/aromatic N) is 1. The van der Waals surface area contributed by atoms with Crippen molar-refractivity contribution in [2.24, 2.45) is 0 Å². The van der Waals surface area contributed by atoms with Crippen LogP contribution in [0.2, 0.25) is 0 Å². The van der Waals surface area contributed by atoms with E-state index in [9.17, 15) is 17.6 Å². The Balaban J connectivity index is 2.35. The summed E-state index contributed by atoms with van der Waals surface area (Å²) in [6.07, 6.45) is 1.88. The Bertz CT molecular complexity index is 828. The Morgan fingerprint density at radius 1 is 1.30 bits per heavy atom. The fourth-order valence-electron chi connectivity index (χ4n) is 1.98. The number of carbonyl (C=O) groups is 1. The Hall–Kier alpha value is -2.19. The third-order valence-corrected chi connectivity index (χ3v) is 5.09. The van der Waals surface area contributed by atoms with Gasteiger partial charge in [-0.2, -0.15) is 0 Å². The molecule has 124 valence electrons. The van der Waals surface area contributed by atoms with Crippen LogP contribution in [0.4, 0.5) is 10.1 Å². The van der Waals surface area contributed by atoms with Crippen LogP contribution in [-0.4, -0.2) is 32.7 Å². The number of hydrogen-bond acceptors (Lipinski definition) is 4. The molecule has 2 rings (SSSR count). The number of carbonyl (C=O) groups excluding carboxylic acids is 1. The largest absolute Gasteiger partial charge is 0.469 e. The van der Waals surface area contributed by atoms with Crippen molar-refractivity contribution >= 4 is 21.6 Å². The molecule has 0 radical (unpaired) electrons. The second-order valence-corrected chi connectivity index (χ2v) is 7.15. The molecule has 0 spiro atoms. The number of anilines is 1. The fourth-order valence-corrected chi connectivity index (χ4v) is 2.91. The minimum Gasteiger partial charge on any atom is -0.469 e. The average molecular weight is 340 g/mol. The normalized spacial score (nSPS) is 11.7. The minimum absolute atomic E-state index is 0.109. The van der Waals surface area contributed by atoms with Crippen LogP contribution in [0.15, 0.2) is 39.8 Å². The molecule has 0 unspecified atom stereocenters. The standard InChI is InChI=1S/C15H17FN2O4S/c1-4-14-11(7-8-22-14)15(19)17-13-9-10(5-6-12(13)16)23(20,21)18(2)3/h5-9H,4H2,1-3H3,(H,17,19). The third kappa shape index (κ3) is 3.43. The summed E-state index contributed by atoms with van der Waals surface area (Å²) in [5, 5.41) is 2.38. The average Bonchev–Trinajstić information content (AvgIpc) is 2.97. The lowest BCUT2D eigenvalue weighted by Gasteiger charge is -2.13. The van der Waals surface area contributed by atoms with E-state index in [1.807, 2.05) is 6.92 Å². The first-order chi connectivity index (χ1) is 10.8. The molecule has 0 aliphatic heterocycles. The minimum atomic E-state index is -3.72. The number of benzene rings is 1. The molecule has 1 aromatic carbocycles. The summed E-state index contributed by atoms with van der Waals surface area (Å²) in [4.78, 5) is 12.1. The van der Waals surface area contributed by atoms with Crippen molar-refractivity contribution in [2.45, 2.75) is 18.2 Å². The second kappa shape index (κ2) is 6.51. The van der Waals surface area contributed by atoms with Crippen LogP contribution in [0, 0.1) is 5.82 Å². The predicted octanol–water partition coefficient (Wildman–Crippen LogP) is 2.48. The summed E-state index contributed by atoms with van der Waals surface area (Å²) in [5.74, 6) is -0.813. The summed E-state index contributed by atoms with van der Waals surface area (Å²) in [7, 11) is -0.980. The zero-order valence-electron chi connectivity index (χ0n) is 13.0. The smallest absolute Gasteiger partial charge is 0.259 e. The molecule has 0 bridgehead atoms. The Labute approximate surface area is 134 Å². The van der Waals surface area contributed by atoms with E-state index in [4.69, 9.17) is 4.42 Å². The topological polar surface area (TPSA) is 79.6 Å². The molecule has 0 atom stereocenters. The quantitative estimate of drug-likeness (QED) is 0.907. The maximum absolute atomic E-state index is 13.9. The van der Waals surface area contributed by atoms with Crippen molar-refractivity contribution in [3.8, 4) is 0 Å². The van der Waals surface area contributed by atoms with Crippen molar-refractivity contribution in [1.82, 2.24) is 4.31 Å². The lowest BCUT2D eigenvalue weighted by Crippen LogP contribution is -2.22. The first-order valence-corrected chi connectivity index (χ1v) is 8.31. The Morgan fingerprint density at radius 2 is 2.00 bits per heavy atom. The van der Waals surface area contributed by atoms with E-state index in [1.54, 1.807) is 0 Å². The summed E-state index contributed by atoms with van der Waals surface area (Å²) in [5.41, 5.74) is 0.0777. The molecule has 1 aromatic heterocycles. The van der Waals surface area contributed by atoms with E-state index in [0.29, 0.717) is 12.2 Å². The highest BCUT2D eigenvalue weighted by atomic mass is 32.2. The van der Waals surface area contributed by atoms with Crippen LogP contribution in [0.25, 0.3) is 0 Å². The number of hydrogen-bond donors (Lipinski definition) is 1. The second-order valence-electron chi connectivity index (χ2n) is 4.99. The van der Waals surface area contributed by atoms with Crippen LogP contribution in [0.1, 0.15) is 23.0 Å². The molecule has 1 N–H and O–H groups in total. The molecule has 23 heavy (non-hydrogen) atoms. The predicted molar refractivity (Wildman–Crippen MR) is 83.3 cm³/mol. The van der Waals surface area contributed by atoms with Crippen LogP contribution < -0.4 is 5.32 Å². The number of aryl methyl sites for hydroxylation is 1. The summed E-state index contributed by atoms with van der Waals surface area (Å²) < 4.78 is 44.2. The van der Waals surface area contributed by atoms with E-state index in [1.165, 1.54) is 26.4 Å². The van der Waals surface area contributed by atoms with Gasteiger partial charge in [-0.05, 0) is 24.3 Å². The molecule has 0 aliphatic rings. The molecule has 0 fully saturated rings. The van der Waals surface area contributed by atoms with Gasteiger partial charge in [-0.1, -0.05) is 6.92 Å². The number of rotatable bonds is 5. The highest BCUT2D eigenvalue weighted by Crippen LogP contribution is 2.22. The first-order valence-electron chi connectivity index (χ1n) is 6.87. The molecule has 0 aliphatic carbocycles. The maximum Gasteiger partial charge on any atom is 0.259 e. The summed E-state index contributed by atoms with van der Waals surface area (Å²) >= 11 is 0. The SMILES string of the molecule is CCc1occc1C(=O)Nc1cc(S(=O)(=O)N(C)C)ccc1F. The van der Waals surface area contributed by atoms with Gasteiger partial charge in [0.25, 0.3) is 5.91 Å². The molecule has 1 heterocycles. The van der Waals surface area contributed by atoms with Crippen molar-refractivity contribution in [1.29, 1.82) is 0 Å². The number of halogens is 1. The van der Waals surface area contributed by atoms with E-state index < -0.39 is 21.7 Å². The van der Waals surface area contributed by atoms with Gasteiger partial charge in [-0.3, -0.25) is 4.79 Å². The van der Waals surface area contributed by atoms with E-state index in [0.717, 1.165) is 22.5 Å². The van der Waals surface area contributed by atoms with E-state index in [2.05, 4.69) is 5.32 Å². The lowest BCUT2D eigenvalue weighted by atomic mass is 10.2. The van der Waals surface area contributed by atoms with Gasteiger partial charge < -0.3 is 9.73 Å². The number of amides is 1. The molecule has 1 amide bonds. The number of nitrogens with one attached hydrogen (secondary N) is 1. The summed E-state index contributed by atoms with van der Waals surface area (Å²) in [6.45, 7) is 1.82. The van der Waals surface area contributed by atoms with Gasteiger partial charge in [0.1, 0.15) is 11.6 Å². The fraction of sp³-hybridized carbons (Fsp3) is 0.267. The van der Waals surface area contributed by atoms with Gasteiger partial charge in [0.2, 0.25) is 10.0 Å². The van der Waals surface area contributed by atoms with Gasteiger partial charge >= 0.3 is 0 Å². The highest BCUT2D eigenvalue weighted by molar-refractivity contribution is 7.89. The monoisotopic (exact) mass is 340 g/mol. The molecule has 6 nitrogen and oxygen atoms in total. The van der Waals surface area contributed by atoms with Gasteiger partial charge in [0, 0.05) is 20.5 Å². The number of sulfonamides is 1. The van der Waals surface area contributed by atoms with Crippen LogP contribution in [0.3, 0.4) is 0 Å². The first kappa shape index (κ1) is 17.2. The van der Waals surface area contributed by atoms with Crippen molar-refractivity contribution in [2.75, 3.05) is 19.4 Å². The van der Waals surface area contributed by atoms with Crippen molar-refractivity contribution < 1.29 is 22.0 Å². The van der Waals surface area contributed by atoms with Gasteiger partial charge in [0.15, 0.2) is 0 Å². The molecule has 0 saturated carbocycles. The zero-order chi connectivity index (χ0) is 17.2. The van der Waals surface area contributed by atoms with E-state index in [-0.39, 0.29) is 16.1 Å². The van der Waals surface area contributed by atoms with Crippen molar-refractivity contribution in [3.63, 3.8) is 0 Å². The third-order valence-electron chi connectivity index (χ3n) is 3.28. The molecule has 8 heteroatoms. The summed E-state index contributed by atoms with van der Waals surface area (Å²) in [6, 6.07) is 4.72. The van der Waals surface area contributed by atoms with Crippen LogP contribution in [-0.2, 0) is 16.4 Å². The van der Waals surface area contributed by atoms with Crippen LogP contribution >= 0.6 is 0 Å². The highest BCUT2D eigenvalue weighted by Gasteiger charge is 2.20. The zero-order valence-corrected chi connectivity index (χ0v) is 13.8. The van der Waals surface area contributed by atoms with Crippen molar-refractivity contribution in [3.05, 3.63) is 47.7 Å². The molecular weight excluding hydrogens is 323 g/mol. The van der Waals surface area contributed by atoms with Crippen LogP contribution in [0.5, 0.6) is 0 Å². The Morgan fingerprint density at radius 3 is 2.61 bits per heavy atom. The van der Waals surface area contributed by atoms with Gasteiger partial charge in [-0.15, -0.1) is 0 Å². The molecule has 2 aromatic rings. The van der Waals surface area contributed by atoms with E-state index >= 15 is 0 Å².